The minimum Gasteiger partial charge on any atom is -0.453 e. The molecule has 1 atom stereocenters. The Morgan fingerprint density at radius 3 is 2.62 bits per heavy atom. The van der Waals surface area contributed by atoms with Gasteiger partial charge in [0.05, 0.1) is 0 Å². The number of para-hydroxylation sites is 1. The second-order valence-corrected chi connectivity index (χ2v) is 7.33. The minimum atomic E-state index is -0.884. The zero-order valence-corrected chi connectivity index (χ0v) is 17.6. The Bertz CT molecular complexity index is 1040. The normalized spacial score (nSPS) is 12.0. The van der Waals surface area contributed by atoms with Crippen LogP contribution in [-0.4, -0.2) is 43.8 Å². The third kappa shape index (κ3) is 4.92. The summed E-state index contributed by atoms with van der Waals surface area (Å²) in [6.07, 6.45) is 1.61. The SMILES string of the molecule is CSc1nc2nc(C)c(CCC(=O)O[C@H](C)C(=O)Nc3ccccc3)c(C)n2n1. The number of hydrogen-bond donors (Lipinski definition) is 1. The van der Waals surface area contributed by atoms with Crippen LogP contribution < -0.4 is 5.32 Å². The molecular weight excluding hydrogens is 390 g/mol. The molecule has 2 heterocycles. The van der Waals surface area contributed by atoms with Crippen molar-refractivity contribution < 1.29 is 14.3 Å². The van der Waals surface area contributed by atoms with Crippen molar-refractivity contribution >= 4 is 35.1 Å². The maximum absolute atomic E-state index is 12.3. The van der Waals surface area contributed by atoms with Crippen LogP contribution in [0.4, 0.5) is 5.69 Å². The molecule has 3 aromatic rings. The first-order valence-corrected chi connectivity index (χ1v) is 10.4. The van der Waals surface area contributed by atoms with Gasteiger partial charge in [-0.05, 0) is 51.1 Å². The highest BCUT2D eigenvalue weighted by Gasteiger charge is 2.19. The lowest BCUT2D eigenvalue weighted by atomic mass is 10.1. The lowest BCUT2D eigenvalue weighted by molar-refractivity contribution is -0.153. The fourth-order valence-corrected chi connectivity index (χ4v) is 3.28. The van der Waals surface area contributed by atoms with Crippen LogP contribution in [0.1, 0.15) is 30.3 Å². The van der Waals surface area contributed by atoms with Gasteiger partial charge in [-0.15, -0.1) is 5.10 Å². The molecular formula is C20H23N5O3S. The van der Waals surface area contributed by atoms with E-state index in [2.05, 4.69) is 20.4 Å². The first kappa shape index (κ1) is 20.8. The van der Waals surface area contributed by atoms with Crippen LogP contribution in [0.15, 0.2) is 35.5 Å². The van der Waals surface area contributed by atoms with E-state index in [9.17, 15) is 9.59 Å². The predicted molar refractivity (Wildman–Crippen MR) is 111 cm³/mol. The Morgan fingerprint density at radius 2 is 1.93 bits per heavy atom. The number of ether oxygens (including phenoxy) is 1. The zero-order chi connectivity index (χ0) is 21.0. The standard InChI is InChI=1S/C20H23N5O3S/c1-12-16(13(2)25-19(21-12)23-20(24-25)29-4)10-11-17(26)28-14(3)18(27)22-15-8-6-5-7-9-15/h5-9,14H,10-11H2,1-4H3,(H,22,27)/t14-/m1/s1. The van der Waals surface area contributed by atoms with Gasteiger partial charge in [0, 0.05) is 23.5 Å². The van der Waals surface area contributed by atoms with E-state index in [4.69, 9.17) is 4.74 Å². The number of fused-ring (bicyclic) bond motifs is 1. The van der Waals surface area contributed by atoms with Gasteiger partial charge in [-0.1, -0.05) is 30.0 Å². The van der Waals surface area contributed by atoms with E-state index in [-0.39, 0.29) is 12.3 Å². The van der Waals surface area contributed by atoms with Crippen molar-refractivity contribution in [3.05, 3.63) is 47.3 Å². The summed E-state index contributed by atoms with van der Waals surface area (Å²) in [5.41, 5.74) is 3.28. The largest absolute Gasteiger partial charge is 0.453 e. The highest BCUT2D eigenvalue weighted by Crippen LogP contribution is 2.18. The molecule has 8 nitrogen and oxygen atoms in total. The molecule has 1 N–H and O–H groups in total. The van der Waals surface area contributed by atoms with Gasteiger partial charge in [-0.3, -0.25) is 9.59 Å². The molecule has 0 aliphatic carbocycles. The highest BCUT2D eigenvalue weighted by molar-refractivity contribution is 7.98. The number of rotatable bonds is 7. The quantitative estimate of drug-likeness (QED) is 0.470. The van der Waals surface area contributed by atoms with Gasteiger partial charge >= 0.3 is 5.97 Å². The van der Waals surface area contributed by atoms with Crippen LogP contribution in [-0.2, 0) is 20.7 Å². The fourth-order valence-electron chi connectivity index (χ4n) is 2.94. The molecule has 0 bridgehead atoms. The smallest absolute Gasteiger partial charge is 0.306 e. The van der Waals surface area contributed by atoms with Gasteiger partial charge in [-0.25, -0.2) is 9.50 Å². The molecule has 1 aromatic carbocycles. The lowest BCUT2D eigenvalue weighted by Crippen LogP contribution is -2.30. The molecule has 0 saturated carbocycles. The van der Waals surface area contributed by atoms with Crippen molar-refractivity contribution in [3.63, 3.8) is 0 Å². The number of nitrogens with one attached hydrogen (secondary N) is 1. The van der Waals surface area contributed by atoms with E-state index in [1.54, 1.807) is 23.6 Å². The Kier molecular flexibility index (Phi) is 6.48. The van der Waals surface area contributed by atoms with Crippen molar-refractivity contribution in [2.24, 2.45) is 0 Å². The van der Waals surface area contributed by atoms with Crippen molar-refractivity contribution in [2.75, 3.05) is 11.6 Å². The summed E-state index contributed by atoms with van der Waals surface area (Å²) < 4.78 is 6.98. The topological polar surface area (TPSA) is 98.5 Å². The molecule has 0 aliphatic rings. The maximum atomic E-state index is 12.3. The summed E-state index contributed by atoms with van der Waals surface area (Å²) in [7, 11) is 0. The van der Waals surface area contributed by atoms with Crippen molar-refractivity contribution in [2.45, 2.75) is 44.9 Å². The average Bonchev–Trinajstić information content (AvgIpc) is 3.11. The molecule has 1 amide bonds. The third-order valence-corrected chi connectivity index (χ3v) is 5.05. The number of aryl methyl sites for hydroxylation is 2. The number of amides is 1. The number of nitrogens with zero attached hydrogens (tertiary/aromatic N) is 4. The maximum Gasteiger partial charge on any atom is 0.306 e. The number of benzene rings is 1. The van der Waals surface area contributed by atoms with E-state index < -0.39 is 12.1 Å². The molecule has 29 heavy (non-hydrogen) atoms. The summed E-state index contributed by atoms with van der Waals surface area (Å²) in [6.45, 7) is 5.37. The Hall–Kier alpha value is -2.94. The Morgan fingerprint density at radius 1 is 1.21 bits per heavy atom. The molecule has 0 aliphatic heterocycles. The van der Waals surface area contributed by atoms with Gasteiger partial charge in [-0.2, -0.15) is 4.98 Å². The van der Waals surface area contributed by atoms with E-state index >= 15 is 0 Å². The van der Waals surface area contributed by atoms with Crippen LogP contribution in [0.3, 0.4) is 0 Å². The average molecular weight is 414 g/mol. The van der Waals surface area contributed by atoms with E-state index in [0.717, 1.165) is 17.0 Å². The molecule has 3 rings (SSSR count). The molecule has 152 valence electrons. The number of carbonyl (C=O) groups is 2. The molecule has 0 radical (unpaired) electrons. The Labute approximate surface area is 173 Å². The first-order valence-electron chi connectivity index (χ1n) is 9.21. The predicted octanol–water partition coefficient (Wildman–Crippen LogP) is 2.97. The van der Waals surface area contributed by atoms with Crippen molar-refractivity contribution in [1.29, 1.82) is 0 Å². The van der Waals surface area contributed by atoms with Gasteiger partial charge < -0.3 is 10.1 Å². The van der Waals surface area contributed by atoms with Crippen molar-refractivity contribution in [3.8, 4) is 0 Å². The van der Waals surface area contributed by atoms with Gasteiger partial charge in [0.2, 0.25) is 5.16 Å². The second-order valence-electron chi connectivity index (χ2n) is 6.56. The van der Waals surface area contributed by atoms with E-state index in [1.165, 1.54) is 11.8 Å². The summed E-state index contributed by atoms with van der Waals surface area (Å²) >= 11 is 1.45. The Balaban J connectivity index is 1.61. The van der Waals surface area contributed by atoms with Crippen LogP contribution in [0.25, 0.3) is 5.78 Å². The molecule has 0 spiro atoms. The monoisotopic (exact) mass is 413 g/mol. The van der Waals surface area contributed by atoms with Gasteiger partial charge in [0.15, 0.2) is 6.10 Å². The number of thioether (sulfide) groups is 1. The van der Waals surface area contributed by atoms with Crippen LogP contribution in [0.5, 0.6) is 0 Å². The second kappa shape index (κ2) is 9.04. The molecule has 2 aromatic heterocycles. The summed E-state index contributed by atoms with van der Waals surface area (Å²) in [4.78, 5) is 33.3. The molecule has 9 heteroatoms. The number of esters is 1. The summed E-state index contributed by atoms with van der Waals surface area (Å²) in [5, 5.41) is 7.78. The van der Waals surface area contributed by atoms with E-state index in [0.29, 0.717) is 23.0 Å². The minimum absolute atomic E-state index is 0.141. The third-order valence-electron chi connectivity index (χ3n) is 4.51. The zero-order valence-electron chi connectivity index (χ0n) is 16.8. The van der Waals surface area contributed by atoms with Crippen LogP contribution in [0, 0.1) is 13.8 Å². The number of anilines is 1. The lowest BCUT2D eigenvalue weighted by Gasteiger charge is -2.14. The van der Waals surface area contributed by atoms with E-state index in [1.807, 2.05) is 38.3 Å². The van der Waals surface area contributed by atoms with Crippen LogP contribution in [0.2, 0.25) is 0 Å². The molecule has 0 unspecified atom stereocenters. The highest BCUT2D eigenvalue weighted by atomic mass is 32.2. The first-order chi connectivity index (χ1) is 13.9. The summed E-state index contributed by atoms with van der Waals surface area (Å²) in [5.74, 6) is -0.267. The van der Waals surface area contributed by atoms with Gasteiger partial charge in [0.25, 0.3) is 11.7 Å². The van der Waals surface area contributed by atoms with Crippen LogP contribution >= 0.6 is 11.8 Å². The van der Waals surface area contributed by atoms with Crippen molar-refractivity contribution in [1.82, 2.24) is 19.6 Å². The summed E-state index contributed by atoms with van der Waals surface area (Å²) in [6, 6.07) is 9.04. The molecule has 0 fully saturated rings. The number of aromatic nitrogens is 4. The molecule has 0 saturated heterocycles. The number of hydrogen-bond acceptors (Lipinski definition) is 7. The van der Waals surface area contributed by atoms with Gasteiger partial charge in [0.1, 0.15) is 0 Å². The fraction of sp³-hybridized carbons (Fsp3) is 0.350. The number of carbonyl (C=O) groups excluding carboxylic acids is 2.